The molecule has 1 aliphatic rings. The number of amides is 1. The lowest BCUT2D eigenvalue weighted by Gasteiger charge is -2.21. The molecule has 0 atom stereocenters. The third-order valence-corrected chi connectivity index (χ3v) is 4.65. The molecular weight excluding hydrogens is 230 g/mol. The van der Waals surface area contributed by atoms with Gasteiger partial charge in [-0.05, 0) is 36.3 Å². The summed E-state index contributed by atoms with van der Waals surface area (Å²) in [7, 11) is 0. The summed E-state index contributed by atoms with van der Waals surface area (Å²) < 4.78 is 0. The molecule has 1 N–H and O–H groups in total. The molecule has 1 aromatic rings. The van der Waals surface area contributed by atoms with Crippen molar-refractivity contribution >= 4 is 17.2 Å². The van der Waals surface area contributed by atoms with E-state index in [-0.39, 0.29) is 5.91 Å². The Morgan fingerprint density at radius 3 is 2.82 bits per heavy atom. The summed E-state index contributed by atoms with van der Waals surface area (Å²) in [5.74, 6) is 0.946. The minimum absolute atomic E-state index is 0.105. The molecule has 0 aliphatic heterocycles. The second-order valence-electron chi connectivity index (χ2n) is 4.98. The average molecular weight is 251 g/mol. The summed E-state index contributed by atoms with van der Waals surface area (Å²) in [6.45, 7) is 2.83. The van der Waals surface area contributed by atoms with Crippen LogP contribution < -0.4 is 5.32 Å². The zero-order chi connectivity index (χ0) is 12.1. The molecule has 2 rings (SSSR count). The minimum Gasteiger partial charge on any atom is -0.351 e. The van der Waals surface area contributed by atoms with Crippen molar-refractivity contribution in [2.24, 2.45) is 5.92 Å². The topological polar surface area (TPSA) is 29.1 Å². The normalized spacial score (nSPS) is 17.0. The molecule has 1 heterocycles. The Hall–Kier alpha value is -0.830. The van der Waals surface area contributed by atoms with Crippen LogP contribution in [0.5, 0.6) is 0 Å². The highest BCUT2D eigenvalue weighted by Crippen LogP contribution is 2.25. The largest absolute Gasteiger partial charge is 0.351 e. The van der Waals surface area contributed by atoms with E-state index in [1.165, 1.54) is 43.4 Å². The molecule has 0 bridgehead atoms. The molecule has 94 valence electrons. The van der Waals surface area contributed by atoms with Crippen LogP contribution in [0.15, 0.2) is 11.4 Å². The van der Waals surface area contributed by atoms with E-state index in [0.717, 1.165) is 29.3 Å². The van der Waals surface area contributed by atoms with Gasteiger partial charge in [0.15, 0.2) is 0 Å². The minimum atomic E-state index is 0.105. The van der Waals surface area contributed by atoms with E-state index in [0.29, 0.717) is 0 Å². The van der Waals surface area contributed by atoms with E-state index in [1.807, 2.05) is 18.4 Å². The van der Waals surface area contributed by atoms with E-state index in [2.05, 4.69) is 5.32 Å². The number of carbonyl (C=O) groups is 1. The van der Waals surface area contributed by atoms with Crippen molar-refractivity contribution in [3.05, 3.63) is 21.9 Å². The van der Waals surface area contributed by atoms with Crippen LogP contribution in [-0.4, -0.2) is 12.5 Å². The molecule has 0 unspecified atom stereocenters. The van der Waals surface area contributed by atoms with Gasteiger partial charge in [-0.1, -0.05) is 32.1 Å². The summed E-state index contributed by atoms with van der Waals surface area (Å²) in [6.07, 6.45) is 8.01. The summed E-state index contributed by atoms with van der Waals surface area (Å²) in [5.41, 5.74) is 1.09. The van der Waals surface area contributed by atoms with Crippen molar-refractivity contribution in [3.63, 3.8) is 0 Å². The maximum Gasteiger partial charge on any atom is 0.261 e. The molecule has 0 radical (unpaired) electrons. The van der Waals surface area contributed by atoms with Crippen molar-refractivity contribution < 1.29 is 4.79 Å². The number of hydrogen-bond acceptors (Lipinski definition) is 2. The maximum atomic E-state index is 11.9. The molecule has 17 heavy (non-hydrogen) atoms. The Morgan fingerprint density at radius 2 is 2.18 bits per heavy atom. The molecule has 1 fully saturated rings. The highest BCUT2D eigenvalue weighted by Gasteiger charge is 2.14. The summed E-state index contributed by atoms with van der Waals surface area (Å²) in [6, 6.07) is 2.00. The first kappa shape index (κ1) is 12.6. The third-order valence-electron chi connectivity index (χ3n) is 3.63. The van der Waals surface area contributed by atoms with Crippen LogP contribution in [0.25, 0.3) is 0 Å². The Morgan fingerprint density at radius 1 is 1.41 bits per heavy atom. The number of rotatable bonds is 4. The van der Waals surface area contributed by atoms with Gasteiger partial charge in [0, 0.05) is 6.54 Å². The van der Waals surface area contributed by atoms with Gasteiger partial charge in [0.25, 0.3) is 5.91 Å². The molecule has 0 spiro atoms. The SMILES string of the molecule is Cc1ccsc1C(=O)NCCC1CCCCC1. The van der Waals surface area contributed by atoms with E-state index >= 15 is 0 Å². The number of aryl methyl sites for hydroxylation is 1. The van der Waals surface area contributed by atoms with E-state index in [4.69, 9.17) is 0 Å². The van der Waals surface area contributed by atoms with Gasteiger partial charge in [0.05, 0.1) is 4.88 Å². The highest BCUT2D eigenvalue weighted by atomic mass is 32.1. The average Bonchev–Trinajstić information content (AvgIpc) is 2.77. The van der Waals surface area contributed by atoms with Crippen LogP contribution in [0.1, 0.15) is 53.8 Å². The monoisotopic (exact) mass is 251 g/mol. The predicted octanol–water partition coefficient (Wildman–Crippen LogP) is 3.76. The van der Waals surface area contributed by atoms with Crippen LogP contribution in [-0.2, 0) is 0 Å². The van der Waals surface area contributed by atoms with Crippen molar-refractivity contribution in [2.75, 3.05) is 6.54 Å². The third kappa shape index (κ3) is 3.56. The van der Waals surface area contributed by atoms with Crippen LogP contribution in [0.2, 0.25) is 0 Å². The van der Waals surface area contributed by atoms with Gasteiger partial charge in [-0.15, -0.1) is 11.3 Å². The van der Waals surface area contributed by atoms with Crippen molar-refractivity contribution in [1.29, 1.82) is 0 Å². The van der Waals surface area contributed by atoms with Crippen LogP contribution >= 0.6 is 11.3 Å². The van der Waals surface area contributed by atoms with Crippen molar-refractivity contribution in [3.8, 4) is 0 Å². The first-order valence-corrected chi connectivity index (χ1v) is 7.47. The number of nitrogens with one attached hydrogen (secondary N) is 1. The van der Waals surface area contributed by atoms with Crippen LogP contribution in [0.3, 0.4) is 0 Å². The summed E-state index contributed by atoms with van der Waals surface area (Å²) >= 11 is 1.53. The van der Waals surface area contributed by atoms with Gasteiger partial charge in [-0.25, -0.2) is 0 Å². The van der Waals surface area contributed by atoms with Crippen LogP contribution in [0.4, 0.5) is 0 Å². The van der Waals surface area contributed by atoms with Gasteiger partial charge >= 0.3 is 0 Å². The lowest BCUT2D eigenvalue weighted by Crippen LogP contribution is -2.26. The molecular formula is C14H21NOS. The summed E-state index contributed by atoms with van der Waals surface area (Å²) in [4.78, 5) is 12.7. The number of thiophene rings is 1. The molecule has 1 aromatic heterocycles. The maximum absolute atomic E-state index is 11.9. The van der Waals surface area contributed by atoms with E-state index < -0.39 is 0 Å². The second kappa shape index (κ2) is 6.20. The first-order chi connectivity index (χ1) is 8.27. The van der Waals surface area contributed by atoms with Crippen molar-refractivity contribution in [2.45, 2.75) is 45.4 Å². The van der Waals surface area contributed by atoms with E-state index in [9.17, 15) is 4.79 Å². The fraction of sp³-hybridized carbons (Fsp3) is 0.643. The van der Waals surface area contributed by atoms with Gasteiger partial charge in [-0.2, -0.15) is 0 Å². The molecule has 1 saturated carbocycles. The molecule has 1 amide bonds. The lowest BCUT2D eigenvalue weighted by molar-refractivity contribution is 0.0954. The van der Waals surface area contributed by atoms with Crippen molar-refractivity contribution in [1.82, 2.24) is 5.32 Å². The van der Waals surface area contributed by atoms with Gasteiger partial charge in [0.2, 0.25) is 0 Å². The Kier molecular flexibility index (Phi) is 4.60. The highest BCUT2D eigenvalue weighted by molar-refractivity contribution is 7.12. The van der Waals surface area contributed by atoms with E-state index in [1.54, 1.807) is 0 Å². The van der Waals surface area contributed by atoms with Crippen LogP contribution in [0, 0.1) is 12.8 Å². The standard InChI is InChI=1S/C14H21NOS/c1-11-8-10-17-13(11)14(16)15-9-7-12-5-3-2-4-6-12/h8,10,12H,2-7,9H2,1H3,(H,15,16). The Labute approximate surface area is 107 Å². The van der Waals surface area contributed by atoms with Gasteiger partial charge in [0.1, 0.15) is 0 Å². The lowest BCUT2D eigenvalue weighted by atomic mass is 9.87. The molecule has 2 nitrogen and oxygen atoms in total. The van der Waals surface area contributed by atoms with Gasteiger partial charge in [-0.3, -0.25) is 4.79 Å². The molecule has 0 aromatic carbocycles. The fourth-order valence-corrected chi connectivity index (χ4v) is 3.39. The first-order valence-electron chi connectivity index (χ1n) is 6.59. The zero-order valence-corrected chi connectivity index (χ0v) is 11.3. The number of hydrogen-bond donors (Lipinski definition) is 1. The predicted molar refractivity (Wildman–Crippen MR) is 72.6 cm³/mol. The quantitative estimate of drug-likeness (QED) is 0.867. The second-order valence-corrected chi connectivity index (χ2v) is 5.90. The Balaban J connectivity index is 1.71. The Bertz CT molecular complexity index is 366. The molecule has 1 aliphatic carbocycles. The smallest absolute Gasteiger partial charge is 0.261 e. The molecule has 0 saturated heterocycles. The zero-order valence-electron chi connectivity index (χ0n) is 10.5. The van der Waals surface area contributed by atoms with Gasteiger partial charge < -0.3 is 5.32 Å². The number of carbonyl (C=O) groups excluding carboxylic acids is 1. The summed E-state index contributed by atoms with van der Waals surface area (Å²) in [5, 5.41) is 5.02. The molecule has 3 heteroatoms. The fourth-order valence-electron chi connectivity index (χ4n) is 2.55.